The molecular weight excluding hydrogens is 380 g/mol. The van der Waals surface area contributed by atoms with Crippen LogP contribution in [0.4, 0.5) is 11.4 Å². The van der Waals surface area contributed by atoms with Crippen molar-refractivity contribution in [3.8, 4) is 0 Å². The van der Waals surface area contributed by atoms with Crippen LogP contribution in [0.25, 0.3) is 0 Å². The zero-order chi connectivity index (χ0) is 19.5. The van der Waals surface area contributed by atoms with Gasteiger partial charge in [0.25, 0.3) is 10.0 Å². The van der Waals surface area contributed by atoms with Crippen LogP contribution in [-0.2, 0) is 24.8 Å². The molecule has 0 aromatic heterocycles. The maximum atomic E-state index is 12.7. The second-order valence-electron chi connectivity index (χ2n) is 5.53. The number of ether oxygens (including phenoxy) is 1. The van der Waals surface area contributed by atoms with Crippen molar-refractivity contribution in [2.24, 2.45) is 0 Å². The summed E-state index contributed by atoms with van der Waals surface area (Å²) in [5.74, 6) is -0.652. The molecule has 0 heterocycles. The van der Waals surface area contributed by atoms with Crippen molar-refractivity contribution in [3.05, 3.63) is 53.6 Å². The largest absolute Gasteiger partial charge is 0.465 e. The molecule has 0 spiro atoms. The van der Waals surface area contributed by atoms with Gasteiger partial charge in [0, 0.05) is 0 Å². The van der Waals surface area contributed by atoms with E-state index in [0.717, 1.165) is 6.26 Å². The quantitative estimate of drug-likeness (QED) is 0.718. The van der Waals surface area contributed by atoms with E-state index in [-0.39, 0.29) is 21.8 Å². The van der Waals surface area contributed by atoms with E-state index in [2.05, 4.69) is 14.2 Å². The number of methoxy groups -OCH3 is 1. The fourth-order valence-corrected chi connectivity index (χ4v) is 4.08. The highest BCUT2D eigenvalue weighted by molar-refractivity contribution is 7.92. The van der Waals surface area contributed by atoms with Crippen LogP contribution in [0.1, 0.15) is 15.9 Å². The highest BCUT2D eigenvalue weighted by atomic mass is 32.2. The molecule has 0 radical (unpaired) electrons. The molecule has 0 saturated heterocycles. The van der Waals surface area contributed by atoms with Crippen molar-refractivity contribution in [3.63, 3.8) is 0 Å². The van der Waals surface area contributed by atoms with E-state index >= 15 is 0 Å². The van der Waals surface area contributed by atoms with Crippen LogP contribution in [0.5, 0.6) is 0 Å². The lowest BCUT2D eigenvalue weighted by atomic mass is 10.1. The maximum Gasteiger partial charge on any atom is 0.337 e. The lowest BCUT2D eigenvalue weighted by Gasteiger charge is -2.12. The summed E-state index contributed by atoms with van der Waals surface area (Å²) < 4.78 is 57.2. The molecular formula is C16H18N2O6S2. The van der Waals surface area contributed by atoms with Gasteiger partial charge in [0.2, 0.25) is 10.0 Å². The summed E-state index contributed by atoms with van der Waals surface area (Å²) in [4.78, 5) is 11.6. The normalized spacial score (nSPS) is 11.7. The Morgan fingerprint density at radius 1 is 0.962 bits per heavy atom. The fraction of sp³-hybridized carbons (Fsp3) is 0.188. The molecule has 0 aliphatic carbocycles. The molecule has 0 bridgehead atoms. The number of sulfonamides is 2. The van der Waals surface area contributed by atoms with Gasteiger partial charge in [-0.1, -0.05) is 12.1 Å². The summed E-state index contributed by atoms with van der Waals surface area (Å²) in [6.07, 6.45) is 0.992. The minimum Gasteiger partial charge on any atom is -0.465 e. The van der Waals surface area contributed by atoms with Crippen LogP contribution in [0.15, 0.2) is 47.4 Å². The summed E-state index contributed by atoms with van der Waals surface area (Å²) in [6, 6.07) is 10.0. The molecule has 2 N–H and O–H groups in total. The van der Waals surface area contributed by atoms with Gasteiger partial charge in [0.1, 0.15) is 0 Å². The number of esters is 1. The molecule has 26 heavy (non-hydrogen) atoms. The molecule has 0 fully saturated rings. The fourth-order valence-electron chi connectivity index (χ4n) is 2.20. The van der Waals surface area contributed by atoms with Crippen molar-refractivity contribution in [2.45, 2.75) is 11.8 Å². The van der Waals surface area contributed by atoms with Gasteiger partial charge < -0.3 is 4.74 Å². The van der Waals surface area contributed by atoms with Gasteiger partial charge >= 0.3 is 5.97 Å². The van der Waals surface area contributed by atoms with Gasteiger partial charge in [-0.05, 0) is 42.8 Å². The molecule has 0 unspecified atom stereocenters. The highest BCUT2D eigenvalue weighted by Crippen LogP contribution is 2.23. The third-order valence-corrected chi connectivity index (χ3v) is 5.45. The summed E-state index contributed by atoms with van der Waals surface area (Å²) >= 11 is 0. The molecule has 0 saturated carbocycles. The van der Waals surface area contributed by atoms with Crippen LogP contribution < -0.4 is 9.44 Å². The maximum absolute atomic E-state index is 12.7. The number of benzene rings is 2. The molecule has 0 amide bonds. The number of hydrogen-bond acceptors (Lipinski definition) is 6. The highest BCUT2D eigenvalue weighted by Gasteiger charge is 2.20. The van der Waals surface area contributed by atoms with Crippen molar-refractivity contribution < 1.29 is 26.4 Å². The summed E-state index contributed by atoms with van der Waals surface area (Å²) in [5.41, 5.74) is 0.927. The lowest BCUT2D eigenvalue weighted by molar-refractivity contribution is 0.0600. The van der Waals surface area contributed by atoms with Gasteiger partial charge in [-0.3, -0.25) is 9.44 Å². The first-order valence-electron chi connectivity index (χ1n) is 7.31. The van der Waals surface area contributed by atoms with Crippen LogP contribution >= 0.6 is 0 Å². The van der Waals surface area contributed by atoms with Gasteiger partial charge in [0.05, 0.1) is 35.2 Å². The van der Waals surface area contributed by atoms with E-state index < -0.39 is 26.0 Å². The van der Waals surface area contributed by atoms with E-state index in [1.165, 1.54) is 49.6 Å². The van der Waals surface area contributed by atoms with Crippen LogP contribution in [-0.4, -0.2) is 36.2 Å². The number of aryl methyl sites for hydroxylation is 1. The van der Waals surface area contributed by atoms with Gasteiger partial charge in [-0.15, -0.1) is 0 Å². The number of nitrogens with one attached hydrogen (secondary N) is 2. The van der Waals surface area contributed by atoms with Crippen molar-refractivity contribution in [1.82, 2.24) is 0 Å². The first kappa shape index (κ1) is 19.7. The van der Waals surface area contributed by atoms with Gasteiger partial charge in [0.15, 0.2) is 0 Å². The zero-order valence-corrected chi connectivity index (χ0v) is 15.9. The average Bonchev–Trinajstić information content (AvgIpc) is 2.52. The van der Waals surface area contributed by atoms with Crippen LogP contribution in [0.2, 0.25) is 0 Å². The Labute approximate surface area is 152 Å². The molecule has 140 valence electrons. The van der Waals surface area contributed by atoms with E-state index in [1.807, 2.05) is 0 Å². The summed E-state index contributed by atoms with van der Waals surface area (Å²) in [7, 11) is -6.29. The zero-order valence-electron chi connectivity index (χ0n) is 14.3. The van der Waals surface area contributed by atoms with Crippen LogP contribution in [0, 0.1) is 6.92 Å². The number of rotatable bonds is 6. The standard InChI is InChI=1S/C16H18N2O6S2/c1-11-7-8-12(16(19)24-2)9-15(11)26(22,23)18-14-6-4-5-13(10-14)17-25(3,20)21/h4-10,17-18H,1-3H3. The minimum absolute atomic E-state index is 0.0816. The predicted octanol–water partition coefficient (Wildman–Crippen LogP) is 1.95. The summed E-state index contributed by atoms with van der Waals surface area (Å²) in [5, 5.41) is 0. The van der Waals surface area contributed by atoms with E-state index in [9.17, 15) is 21.6 Å². The minimum atomic E-state index is -4.00. The van der Waals surface area contributed by atoms with E-state index in [4.69, 9.17) is 0 Å². The van der Waals surface area contributed by atoms with Crippen molar-refractivity contribution in [2.75, 3.05) is 22.8 Å². The topological polar surface area (TPSA) is 119 Å². The van der Waals surface area contributed by atoms with E-state index in [0.29, 0.717) is 5.56 Å². The molecule has 2 rings (SSSR count). The Bertz CT molecular complexity index is 1050. The van der Waals surface area contributed by atoms with Crippen LogP contribution in [0.3, 0.4) is 0 Å². The number of carbonyl (C=O) groups excluding carboxylic acids is 1. The van der Waals surface area contributed by atoms with E-state index in [1.54, 1.807) is 6.92 Å². The number of carbonyl (C=O) groups is 1. The monoisotopic (exact) mass is 398 g/mol. The van der Waals surface area contributed by atoms with Gasteiger partial charge in [-0.2, -0.15) is 0 Å². The number of hydrogen-bond donors (Lipinski definition) is 2. The first-order chi connectivity index (χ1) is 12.0. The average molecular weight is 398 g/mol. The smallest absolute Gasteiger partial charge is 0.337 e. The Morgan fingerprint density at radius 2 is 1.58 bits per heavy atom. The second kappa shape index (κ2) is 7.34. The van der Waals surface area contributed by atoms with Crippen molar-refractivity contribution in [1.29, 1.82) is 0 Å². The molecule has 2 aromatic rings. The lowest BCUT2D eigenvalue weighted by Crippen LogP contribution is -2.16. The molecule has 0 aliphatic heterocycles. The summed E-state index contributed by atoms with van der Waals surface area (Å²) in [6.45, 7) is 1.59. The molecule has 10 heteroatoms. The Morgan fingerprint density at radius 3 is 2.15 bits per heavy atom. The van der Waals surface area contributed by atoms with Gasteiger partial charge in [-0.25, -0.2) is 21.6 Å². The Kier molecular flexibility index (Phi) is 5.57. The first-order valence-corrected chi connectivity index (χ1v) is 10.7. The Balaban J connectivity index is 2.38. The second-order valence-corrected chi connectivity index (χ2v) is 8.93. The Hall–Kier alpha value is -2.59. The molecule has 0 atom stereocenters. The third kappa shape index (κ3) is 4.96. The third-order valence-electron chi connectivity index (χ3n) is 3.32. The molecule has 2 aromatic carbocycles. The predicted molar refractivity (Wildman–Crippen MR) is 98.2 cm³/mol. The molecule has 0 aliphatic rings. The van der Waals surface area contributed by atoms with Crippen molar-refractivity contribution >= 4 is 37.4 Å². The number of anilines is 2. The molecule has 8 nitrogen and oxygen atoms in total. The SMILES string of the molecule is COC(=O)c1ccc(C)c(S(=O)(=O)Nc2cccc(NS(C)(=O)=O)c2)c1.